The molecule has 0 saturated heterocycles. The number of thiazole rings is 1. The Balaban J connectivity index is 1.93. The average molecular weight is 361 g/mol. The molecule has 2 N–H and O–H groups in total. The van der Waals surface area contributed by atoms with E-state index in [9.17, 15) is 14.4 Å². The number of nitrogens with zero attached hydrogens (tertiary/aromatic N) is 1. The predicted octanol–water partition coefficient (Wildman–Crippen LogP) is 2.05. The van der Waals surface area contributed by atoms with Crippen LogP contribution in [0.25, 0.3) is 10.6 Å². The molecule has 1 aromatic carbocycles. The van der Waals surface area contributed by atoms with Crippen molar-refractivity contribution in [1.82, 2.24) is 15.6 Å². The maximum atomic E-state index is 11.9. The van der Waals surface area contributed by atoms with Gasteiger partial charge in [0.1, 0.15) is 5.01 Å². The van der Waals surface area contributed by atoms with Crippen LogP contribution in [0.2, 0.25) is 0 Å². The van der Waals surface area contributed by atoms with Gasteiger partial charge in [-0.05, 0) is 19.9 Å². The van der Waals surface area contributed by atoms with E-state index in [1.54, 1.807) is 5.38 Å². The van der Waals surface area contributed by atoms with Gasteiger partial charge in [-0.3, -0.25) is 14.9 Å². The predicted molar refractivity (Wildman–Crippen MR) is 94.1 cm³/mol. The number of carbonyl (C=O) groups is 3. The van der Waals surface area contributed by atoms with Gasteiger partial charge in [-0.2, -0.15) is 0 Å². The van der Waals surface area contributed by atoms with E-state index < -0.39 is 24.0 Å². The van der Waals surface area contributed by atoms with Crippen LogP contribution in [-0.2, 0) is 20.7 Å². The lowest BCUT2D eigenvalue weighted by Crippen LogP contribution is -2.43. The molecular weight excluding hydrogens is 342 g/mol. The summed E-state index contributed by atoms with van der Waals surface area (Å²) in [5.41, 5.74) is 2.69. The number of imide groups is 1. The number of ether oxygens (including phenoxy) is 1. The third-order valence-corrected chi connectivity index (χ3v) is 4.22. The zero-order valence-corrected chi connectivity index (χ0v) is 15.0. The minimum atomic E-state index is -1.07. The molecule has 0 unspecified atom stereocenters. The Kier molecular flexibility index (Phi) is 6.24. The third kappa shape index (κ3) is 5.39. The molecule has 0 saturated carbocycles. The molecule has 0 spiro atoms. The highest BCUT2D eigenvalue weighted by molar-refractivity contribution is 7.13. The quantitative estimate of drug-likeness (QED) is 0.795. The second kappa shape index (κ2) is 8.39. The van der Waals surface area contributed by atoms with Crippen molar-refractivity contribution in [2.75, 3.05) is 7.05 Å². The minimum absolute atomic E-state index is 0.0418. The molecule has 0 fully saturated rings. The van der Waals surface area contributed by atoms with Gasteiger partial charge < -0.3 is 10.1 Å². The number of amides is 3. The number of esters is 1. The Hall–Kier alpha value is -2.74. The Morgan fingerprint density at radius 3 is 2.76 bits per heavy atom. The Bertz CT molecular complexity index is 788. The first-order chi connectivity index (χ1) is 11.9. The number of aryl methyl sites for hydroxylation is 1. The fourth-order valence-corrected chi connectivity index (χ4v) is 2.83. The van der Waals surface area contributed by atoms with Crippen LogP contribution < -0.4 is 10.6 Å². The number of benzene rings is 1. The molecule has 0 aliphatic heterocycles. The van der Waals surface area contributed by atoms with Gasteiger partial charge in [-0.1, -0.05) is 23.8 Å². The standard InChI is InChI=1S/C17H19N3O4S/c1-10-5-4-6-12(7-10)16-19-13(9-25-16)8-14(21)24-11(2)15(22)20-17(23)18-3/h4-7,9,11H,8H2,1-3H3,(H2,18,20,22,23)/t11-/m1/s1. The monoisotopic (exact) mass is 361 g/mol. The van der Waals surface area contributed by atoms with Gasteiger partial charge in [0.2, 0.25) is 0 Å². The largest absolute Gasteiger partial charge is 0.452 e. The van der Waals surface area contributed by atoms with Gasteiger partial charge in [0.05, 0.1) is 12.1 Å². The van der Waals surface area contributed by atoms with E-state index in [2.05, 4.69) is 10.3 Å². The fourth-order valence-electron chi connectivity index (χ4n) is 2.02. The van der Waals surface area contributed by atoms with Gasteiger partial charge in [0.25, 0.3) is 5.91 Å². The molecule has 25 heavy (non-hydrogen) atoms. The van der Waals surface area contributed by atoms with Crippen LogP contribution in [0.4, 0.5) is 4.79 Å². The molecule has 3 amide bonds. The lowest BCUT2D eigenvalue weighted by molar-refractivity contribution is -0.153. The normalized spacial score (nSPS) is 11.5. The van der Waals surface area contributed by atoms with Crippen LogP contribution in [0.3, 0.4) is 0 Å². The van der Waals surface area contributed by atoms with Gasteiger partial charge in [-0.15, -0.1) is 11.3 Å². The van der Waals surface area contributed by atoms with Crippen molar-refractivity contribution in [1.29, 1.82) is 0 Å². The van der Waals surface area contributed by atoms with E-state index in [1.165, 1.54) is 25.3 Å². The first-order valence-electron chi connectivity index (χ1n) is 7.62. The molecule has 1 aromatic heterocycles. The molecule has 1 atom stereocenters. The summed E-state index contributed by atoms with van der Waals surface area (Å²) >= 11 is 1.44. The van der Waals surface area contributed by atoms with Crippen molar-refractivity contribution < 1.29 is 19.1 Å². The summed E-state index contributed by atoms with van der Waals surface area (Å²) in [5.74, 6) is -1.27. The van der Waals surface area contributed by atoms with Gasteiger partial charge in [-0.25, -0.2) is 9.78 Å². The van der Waals surface area contributed by atoms with E-state index in [1.807, 2.05) is 36.5 Å². The molecule has 0 radical (unpaired) electrons. The number of nitrogens with one attached hydrogen (secondary N) is 2. The topological polar surface area (TPSA) is 97.4 Å². The lowest BCUT2D eigenvalue weighted by atomic mass is 10.1. The number of hydrogen-bond acceptors (Lipinski definition) is 6. The highest BCUT2D eigenvalue weighted by Gasteiger charge is 2.20. The van der Waals surface area contributed by atoms with Crippen molar-refractivity contribution >= 4 is 29.2 Å². The molecule has 7 nitrogen and oxygen atoms in total. The van der Waals surface area contributed by atoms with Crippen molar-refractivity contribution in [3.8, 4) is 10.6 Å². The second-order valence-corrected chi connectivity index (χ2v) is 6.25. The van der Waals surface area contributed by atoms with E-state index in [-0.39, 0.29) is 6.42 Å². The van der Waals surface area contributed by atoms with Crippen LogP contribution in [-0.4, -0.2) is 36.0 Å². The first-order valence-corrected chi connectivity index (χ1v) is 8.50. The molecule has 0 aliphatic rings. The number of urea groups is 1. The second-order valence-electron chi connectivity index (χ2n) is 5.39. The number of hydrogen-bond donors (Lipinski definition) is 2. The fraction of sp³-hybridized carbons (Fsp3) is 0.294. The van der Waals surface area contributed by atoms with E-state index in [4.69, 9.17) is 4.74 Å². The maximum Gasteiger partial charge on any atom is 0.321 e. The Morgan fingerprint density at radius 2 is 2.08 bits per heavy atom. The van der Waals surface area contributed by atoms with Gasteiger partial charge in [0.15, 0.2) is 6.10 Å². The average Bonchev–Trinajstić information content (AvgIpc) is 3.02. The number of rotatable bonds is 5. The summed E-state index contributed by atoms with van der Waals surface area (Å²) in [5, 5.41) is 6.90. The van der Waals surface area contributed by atoms with Crippen LogP contribution in [0.15, 0.2) is 29.6 Å². The molecule has 0 aliphatic carbocycles. The maximum absolute atomic E-state index is 11.9. The number of carbonyl (C=O) groups excluding carboxylic acids is 3. The Labute approximate surface area is 149 Å². The minimum Gasteiger partial charge on any atom is -0.452 e. The van der Waals surface area contributed by atoms with Crippen LogP contribution in [0, 0.1) is 6.92 Å². The highest BCUT2D eigenvalue weighted by Crippen LogP contribution is 2.24. The summed E-state index contributed by atoms with van der Waals surface area (Å²) in [4.78, 5) is 39.1. The van der Waals surface area contributed by atoms with Crippen molar-refractivity contribution in [2.45, 2.75) is 26.4 Å². The van der Waals surface area contributed by atoms with Crippen molar-refractivity contribution in [2.24, 2.45) is 0 Å². The summed E-state index contributed by atoms with van der Waals surface area (Å²) in [6.07, 6.45) is -1.11. The smallest absolute Gasteiger partial charge is 0.321 e. The molecule has 132 valence electrons. The summed E-state index contributed by atoms with van der Waals surface area (Å²) in [6.45, 7) is 3.40. The zero-order chi connectivity index (χ0) is 18.4. The summed E-state index contributed by atoms with van der Waals surface area (Å²) < 4.78 is 5.03. The molecule has 1 heterocycles. The Morgan fingerprint density at radius 1 is 1.32 bits per heavy atom. The van der Waals surface area contributed by atoms with E-state index in [0.29, 0.717) is 5.69 Å². The SMILES string of the molecule is CNC(=O)NC(=O)[C@@H](C)OC(=O)Cc1csc(-c2cccc(C)c2)n1. The number of aromatic nitrogens is 1. The molecule has 2 rings (SSSR count). The molecular formula is C17H19N3O4S. The van der Waals surface area contributed by atoms with Crippen LogP contribution >= 0.6 is 11.3 Å². The highest BCUT2D eigenvalue weighted by atomic mass is 32.1. The van der Waals surface area contributed by atoms with Crippen LogP contribution in [0.5, 0.6) is 0 Å². The summed E-state index contributed by atoms with van der Waals surface area (Å²) in [7, 11) is 1.38. The lowest BCUT2D eigenvalue weighted by Gasteiger charge is -2.12. The zero-order valence-electron chi connectivity index (χ0n) is 14.2. The van der Waals surface area contributed by atoms with E-state index >= 15 is 0 Å². The molecule has 0 bridgehead atoms. The van der Waals surface area contributed by atoms with Crippen molar-refractivity contribution in [3.63, 3.8) is 0 Å². The van der Waals surface area contributed by atoms with Gasteiger partial charge >= 0.3 is 12.0 Å². The van der Waals surface area contributed by atoms with Crippen molar-refractivity contribution in [3.05, 3.63) is 40.9 Å². The molecule has 2 aromatic rings. The van der Waals surface area contributed by atoms with Crippen LogP contribution in [0.1, 0.15) is 18.2 Å². The van der Waals surface area contributed by atoms with Gasteiger partial charge in [0, 0.05) is 18.0 Å². The summed E-state index contributed by atoms with van der Waals surface area (Å²) in [6, 6.07) is 7.27. The molecule has 8 heteroatoms. The third-order valence-electron chi connectivity index (χ3n) is 3.28. The first kappa shape index (κ1) is 18.6. The van der Waals surface area contributed by atoms with E-state index in [0.717, 1.165) is 16.1 Å².